The summed E-state index contributed by atoms with van der Waals surface area (Å²) in [6.07, 6.45) is 3.85. The fourth-order valence-electron chi connectivity index (χ4n) is 2.66. The van der Waals surface area contributed by atoms with Gasteiger partial charge in [-0.05, 0) is 25.3 Å². The van der Waals surface area contributed by atoms with Gasteiger partial charge in [-0.2, -0.15) is 0 Å². The molecule has 0 aliphatic carbocycles. The maximum absolute atomic E-state index is 12.5. The number of aromatic nitrogens is 2. The van der Waals surface area contributed by atoms with E-state index in [4.69, 9.17) is 0 Å². The molecule has 1 fully saturated rings. The van der Waals surface area contributed by atoms with E-state index in [0.717, 1.165) is 12.8 Å². The van der Waals surface area contributed by atoms with Crippen LogP contribution >= 0.6 is 0 Å². The quantitative estimate of drug-likeness (QED) is 0.805. The third-order valence-electron chi connectivity index (χ3n) is 3.71. The maximum Gasteiger partial charge on any atom is 0.272 e. The number of rotatable bonds is 7. The van der Waals surface area contributed by atoms with Crippen molar-refractivity contribution in [1.29, 1.82) is 0 Å². The summed E-state index contributed by atoms with van der Waals surface area (Å²) in [6.45, 7) is 5.45. The van der Waals surface area contributed by atoms with Gasteiger partial charge in [0.15, 0.2) is 9.84 Å². The highest BCUT2D eigenvalue weighted by Crippen LogP contribution is 2.15. The predicted molar refractivity (Wildman–Crippen MR) is 89.2 cm³/mol. The van der Waals surface area contributed by atoms with Gasteiger partial charge in [0.2, 0.25) is 5.95 Å². The lowest BCUT2D eigenvalue weighted by molar-refractivity contribution is 0.0749. The number of amides is 1. The Labute approximate surface area is 137 Å². The zero-order valence-electron chi connectivity index (χ0n) is 13.7. The van der Waals surface area contributed by atoms with Crippen molar-refractivity contribution in [3.8, 4) is 0 Å². The highest BCUT2D eigenvalue weighted by molar-refractivity contribution is 7.91. The number of anilines is 1. The molecule has 1 aliphatic rings. The van der Waals surface area contributed by atoms with Gasteiger partial charge in [-0.1, -0.05) is 13.8 Å². The molecule has 2 heterocycles. The van der Waals surface area contributed by atoms with E-state index >= 15 is 0 Å². The van der Waals surface area contributed by atoms with Gasteiger partial charge in [0.05, 0.1) is 11.5 Å². The van der Waals surface area contributed by atoms with Gasteiger partial charge < -0.3 is 10.2 Å². The SMILES string of the molecule is CCCN(CCC)C(=O)c1ccnc(NC2CCS(=O)(=O)C2)n1. The standard InChI is InChI=1S/C15H24N4O3S/c1-3-8-19(9-4-2)14(20)13-5-7-16-15(18-13)17-12-6-10-23(21,22)11-12/h5,7,12H,3-4,6,8-11H2,1-2H3,(H,16,17,18). The van der Waals surface area contributed by atoms with Crippen molar-refractivity contribution in [1.82, 2.24) is 14.9 Å². The predicted octanol–water partition coefficient (Wildman–Crippen LogP) is 1.34. The van der Waals surface area contributed by atoms with Crippen LogP contribution in [0.5, 0.6) is 0 Å². The fraction of sp³-hybridized carbons (Fsp3) is 0.667. The monoisotopic (exact) mass is 340 g/mol. The first-order valence-corrected chi connectivity index (χ1v) is 9.86. The number of hydrogen-bond acceptors (Lipinski definition) is 6. The molecular formula is C15H24N4O3S. The largest absolute Gasteiger partial charge is 0.350 e. The Morgan fingerprint density at radius 3 is 2.61 bits per heavy atom. The van der Waals surface area contributed by atoms with Crippen molar-refractivity contribution in [2.75, 3.05) is 29.9 Å². The van der Waals surface area contributed by atoms with Crippen molar-refractivity contribution in [2.45, 2.75) is 39.2 Å². The van der Waals surface area contributed by atoms with Crippen LogP contribution in [0, 0.1) is 0 Å². The molecule has 1 aromatic heterocycles. The third kappa shape index (κ3) is 4.89. The molecule has 1 unspecified atom stereocenters. The van der Waals surface area contributed by atoms with E-state index in [-0.39, 0.29) is 23.5 Å². The van der Waals surface area contributed by atoms with Gasteiger partial charge in [-0.15, -0.1) is 0 Å². The van der Waals surface area contributed by atoms with Crippen molar-refractivity contribution in [2.24, 2.45) is 0 Å². The molecule has 0 saturated carbocycles. The van der Waals surface area contributed by atoms with E-state index in [0.29, 0.717) is 31.2 Å². The minimum absolute atomic E-state index is 0.0896. The van der Waals surface area contributed by atoms with Crippen molar-refractivity contribution >= 4 is 21.7 Å². The van der Waals surface area contributed by atoms with Crippen molar-refractivity contribution in [3.63, 3.8) is 0 Å². The highest BCUT2D eigenvalue weighted by Gasteiger charge is 2.28. The molecule has 128 valence electrons. The molecule has 1 aliphatic heterocycles. The first kappa shape index (κ1) is 17.7. The second kappa shape index (κ2) is 7.72. The Bertz CT molecular complexity index is 642. The second-order valence-electron chi connectivity index (χ2n) is 5.80. The van der Waals surface area contributed by atoms with Gasteiger partial charge in [-0.25, -0.2) is 18.4 Å². The van der Waals surface area contributed by atoms with Crippen LogP contribution in [0.15, 0.2) is 12.3 Å². The van der Waals surface area contributed by atoms with E-state index in [2.05, 4.69) is 15.3 Å². The van der Waals surface area contributed by atoms with Gasteiger partial charge >= 0.3 is 0 Å². The smallest absolute Gasteiger partial charge is 0.272 e. The molecule has 1 saturated heterocycles. The summed E-state index contributed by atoms with van der Waals surface area (Å²) in [5.41, 5.74) is 0.338. The molecular weight excluding hydrogens is 316 g/mol. The van der Waals surface area contributed by atoms with Crippen LogP contribution in [0.2, 0.25) is 0 Å². The molecule has 1 atom stereocenters. The second-order valence-corrected chi connectivity index (χ2v) is 8.03. The van der Waals surface area contributed by atoms with Crippen molar-refractivity contribution in [3.05, 3.63) is 18.0 Å². The lowest BCUT2D eigenvalue weighted by Crippen LogP contribution is -2.33. The number of carbonyl (C=O) groups excluding carboxylic acids is 1. The number of nitrogens with one attached hydrogen (secondary N) is 1. The summed E-state index contributed by atoms with van der Waals surface area (Å²) in [5.74, 6) is 0.472. The Morgan fingerprint density at radius 2 is 2.04 bits per heavy atom. The Hall–Kier alpha value is -1.70. The van der Waals surface area contributed by atoms with Crippen LogP contribution in [0.4, 0.5) is 5.95 Å². The molecule has 1 aromatic rings. The number of nitrogens with zero attached hydrogens (tertiary/aromatic N) is 3. The Morgan fingerprint density at radius 1 is 1.35 bits per heavy atom. The highest BCUT2D eigenvalue weighted by atomic mass is 32.2. The van der Waals surface area contributed by atoms with E-state index in [1.165, 1.54) is 6.20 Å². The topological polar surface area (TPSA) is 92.3 Å². The lowest BCUT2D eigenvalue weighted by Gasteiger charge is -2.21. The molecule has 0 radical (unpaired) electrons. The maximum atomic E-state index is 12.5. The average molecular weight is 340 g/mol. The van der Waals surface area contributed by atoms with Gasteiger partial charge in [0.1, 0.15) is 5.69 Å². The van der Waals surface area contributed by atoms with E-state index in [1.54, 1.807) is 11.0 Å². The number of carbonyl (C=O) groups is 1. The molecule has 0 spiro atoms. The van der Waals surface area contributed by atoms with E-state index < -0.39 is 9.84 Å². The number of hydrogen-bond donors (Lipinski definition) is 1. The van der Waals surface area contributed by atoms with E-state index in [1.807, 2.05) is 13.8 Å². The van der Waals surface area contributed by atoms with Crippen LogP contribution in [0.3, 0.4) is 0 Å². The molecule has 7 nitrogen and oxygen atoms in total. The first-order valence-electron chi connectivity index (χ1n) is 8.04. The molecule has 8 heteroatoms. The summed E-state index contributed by atoms with van der Waals surface area (Å²) in [4.78, 5) is 22.7. The zero-order valence-corrected chi connectivity index (χ0v) is 14.5. The summed E-state index contributed by atoms with van der Waals surface area (Å²) >= 11 is 0. The molecule has 0 aromatic carbocycles. The Kier molecular flexibility index (Phi) is 5.92. The Balaban J connectivity index is 2.08. The van der Waals surface area contributed by atoms with Crippen molar-refractivity contribution < 1.29 is 13.2 Å². The molecule has 0 bridgehead atoms. The summed E-state index contributed by atoms with van der Waals surface area (Å²) in [6, 6.07) is 1.41. The lowest BCUT2D eigenvalue weighted by atomic mass is 10.2. The molecule has 1 N–H and O–H groups in total. The summed E-state index contributed by atoms with van der Waals surface area (Å²) < 4.78 is 23.0. The van der Waals surface area contributed by atoms with Crippen LogP contribution < -0.4 is 5.32 Å². The molecule has 23 heavy (non-hydrogen) atoms. The van der Waals surface area contributed by atoms with Gasteiger partial charge in [0.25, 0.3) is 5.91 Å². The van der Waals surface area contributed by atoms with Crippen LogP contribution in [-0.2, 0) is 9.84 Å². The minimum Gasteiger partial charge on any atom is -0.350 e. The number of sulfone groups is 1. The summed E-state index contributed by atoms with van der Waals surface area (Å²) in [7, 11) is -2.96. The van der Waals surface area contributed by atoms with Crippen LogP contribution in [0.1, 0.15) is 43.6 Å². The fourth-order valence-corrected chi connectivity index (χ4v) is 4.33. The van der Waals surface area contributed by atoms with Crippen LogP contribution in [0.25, 0.3) is 0 Å². The average Bonchev–Trinajstić information content (AvgIpc) is 2.85. The molecule has 1 amide bonds. The normalized spacial score (nSPS) is 19.5. The van der Waals surface area contributed by atoms with Gasteiger partial charge in [0, 0.05) is 25.3 Å². The third-order valence-corrected chi connectivity index (χ3v) is 5.48. The van der Waals surface area contributed by atoms with Crippen LogP contribution in [-0.4, -0.2) is 59.8 Å². The first-order chi connectivity index (χ1) is 10.9. The van der Waals surface area contributed by atoms with Gasteiger partial charge in [-0.3, -0.25) is 4.79 Å². The minimum atomic E-state index is -2.96. The van der Waals surface area contributed by atoms with E-state index in [9.17, 15) is 13.2 Å². The zero-order chi connectivity index (χ0) is 16.9. The molecule has 2 rings (SSSR count). The summed E-state index contributed by atoms with van der Waals surface area (Å²) in [5, 5.41) is 3.02.